The molecule has 0 spiro atoms. The number of para-hydroxylation sites is 1. The predicted molar refractivity (Wildman–Crippen MR) is 79.9 cm³/mol. The van der Waals surface area contributed by atoms with Gasteiger partial charge in [-0.25, -0.2) is 0 Å². The number of carbonyl (C=O) groups is 2. The summed E-state index contributed by atoms with van der Waals surface area (Å²) in [7, 11) is 0. The SMILES string of the molecule is C=CCN1C(=O)[C@@](O)([C@@H]2CCCCC2=O)c2ccccc21. The molecule has 1 aromatic rings. The number of benzene rings is 1. The van der Waals surface area contributed by atoms with Crippen LogP contribution >= 0.6 is 0 Å². The molecule has 0 unspecified atom stereocenters. The monoisotopic (exact) mass is 285 g/mol. The molecule has 4 nitrogen and oxygen atoms in total. The molecule has 2 atom stereocenters. The fraction of sp³-hybridized carbons (Fsp3) is 0.412. The van der Waals surface area contributed by atoms with Gasteiger partial charge >= 0.3 is 0 Å². The molecule has 1 aromatic carbocycles. The van der Waals surface area contributed by atoms with Crippen molar-refractivity contribution in [1.29, 1.82) is 0 Å². The van der Waals surface area contributed by atoms with E-state index in [2.05, 4.69) is 6.58 Å². The third-order valence-electron chi connectivity index (χ3n) is 4.55. The van der Waals surface area contributed by atoms with E-state index in [1.165, 1.54) is 4.90 Å². The van der Waals surface area contributed by atoms with Crippen LogP contribution in [-0.4, -0.2) is 23.3 Å². The number of nitrogens with zero attached hydrogens (tertiary/aromatic N) is 1. The van der Waals surface area contributed by atoms with Crippen molar-refractivity contribution in [3.63, 3.8) is 0 Å². The predicted octanol–water partition coefficient (Wildman–Crippen LogP) is 2.17. The number of carbonyl (C=O) groups excluding carboxylic acids is 2. The highest BCUT2D eigenvalue weighted by atomic mass is 16.3. The molecule has 1 amide bonds. The average Bonchev–Trinajstić information content (AvgIpc) is 2.71. The Morgan fingerprint density at radius 3 is 2.81 bits per heavy atom. The Hall–Kier alpha value is -1.94. The first-order valence-electron chi connectivity index (χ1n) is 7.38. The summed E-state index contributed by atoms with van der Waals surface area (Å²) in [6, 6.07) is 7.18. The van der Waals surface area contributed by atoms with E-state index in [0.717, 1.165) is 12.8 Å². The van der Waals surface area contributed by atoms with Gasteiger partial charge in [-0.3, -0.25) is 9.59 Å². The summed E-state index contributed by atoms with van der Waals surface area (Å²) < 4.78 is 0. The summed E-state index contributed by atoms with van der Waals surface area (Å²) in [5.74, 6) is -1.04. The number of Topliss-reactive ketones (excluding diaryl/α,β-unsaturated/α-hetero) is 1. The Labute approximate surface area is 124 Å². The summed E-state index contributed by atoms with van der Waals surface area (Å²) in [5.41, 5.74) is -0.475. The lowest BCUT2D eigenvalue weighted by Crippen LogP contribution is -2.49. The molecular weight excluding hydrogens is 266 g/mol. The third kappa shape index (κ3) is 1.94. The Balaban J connectivity index is 2.11. The van der Waals surface area contributed by atoms with Crippen molar-refractivity contribution < 1.29 is 14.7 Å². The maximum Gasteiger partial charge on any atom is 0.264 e. The molecule has 1 heterocycles. The van der Waals surface area contributed by atoms with E-state index in [-0.39, 0.29) is 5.78 Å². The van der Waals surface area contributed by atoms with Crippen LogP contribution in [0.5, 0.6) is 0 Å². The Kier molecular flexibility index (Phi) is 3.41. The van der Waals surface area contributed by atoms with Crippen LogP contribution in [0.1, 0.15) is 31.2 Å². The highest BCUT2D eigenvalue weighted by Crippen LogP contribution is 2.47. The molecule has 1 aliphatic carbocycles. The Bertz CT molecular complexity index is 610. The first kappa shape index (κ1) is 14.0. The van der Waals surface area contributed by atoms with E-state index in [1.807, 2.05) is 12.1 Å². The maximum absolute atomic E-state index is 12.8. The van der Waals surface area contributed by atoms with E-state index in [1.54, 1.807) is 18.2 Å². The van der Waals surface area contributed by atoms with Crippen LogP contribution in [0.25, 0.3) is 0 Å². The molecule has 1 saturated carbocycles. The van der Waals surface area contributed by atoms with Crippen LogP contribution in [0.2, 0.25) is 0 Å². The number of hydrogen-bond donors (Lipinski definition) is 1. The zero-order chi connectivity index (χ0) is 15.0. The van der Waals surface area contributed by atoms with Crippen LogP contribution in [-0.2, 0) is 15.2 Å². The van der Waals surface area contributed by atoms with Crippen molar-refractivity contribution in [2.75, 3.05) is 11.4 Å². The lowest BCUT2D eigenvalue weighted by atomic mass is 9.73. The molecule has 2 aliphatic rings. The summed E-state index contributed by atoms with van der Waals surface area (Å²) in [6.45, 7) is 4.00. The largest absolute Gasteiger partial charge is 0.375 e. The van der Waals surface area contributed by atoms with E-state index in [4.69, 9.17) is 0 Å². The molecular formula is C17H19NO3. The number of aliphatic hydroxyl groups is 1. The van der Waals surface area contributed by atoms with Crippen molar-refractivity contribution in [3.8, 4) is 0 Å². The minimum absolute atomic E-state index is 0.00708. The zero-order valence-electron chi connectivity index (χ0n) is 11.9. The number of anilines is 1. The van der Waals surface area contributed by atoms with Gasteiger partial charge in [-0.2, -0.15) is 0 Å². The molecule has 110 valence electrons. The Morgan fingerprint density at radius 2 is 2.10 bits per heavy atom. The average molecular weight is 285 g/mol. The van der Waals surface area contributed by atoms with Gasteiger partial charge in [0.15, 0.2) is 5.60 Å². The summed E-state index contributed by atoms with van der Waals surface area (Å²) in [4.78, 5) is 26.6. The smallest absolute Gasteiger partial charge is 0.264 e. The van der Waals surface area contributed by atoms with Crippen LogP contribution in [0.4, 0.5) is 5.69 Å². The van der Waals surface area contributed by atoms with E-state index in [0.29, 0.717) is 30.6 Å². The zero-order valence-corrected chi connectivity index (χ0v) is 11.9. The number of ketones is 1. The molecule has 1 N–H and O–H groups in total. The van der Waals surface area contributed by atoms with Gasteiger partial charge in [0.05, 0.1) is 11.6 Å². The summed E-state index contributed by atoms with van der Waals surface area (Å²) in [6.07, 6.45) is 4.36. The van der Waals surface area contributed by atoms with Crippen LogP contribution < -0.4 is 4.90 Å². The second-order valence-corrected chi connectivity index (χ2v) is 5.75. The molecule has 1 fully saturated rings. The minimum Gasteiger partial charge on any atom is -0.375 e. The first-order valence-corrected chi connectivity index (χ1v) is 7.38. The molecule has 0 bridgehead atoms. The normalized spacial score (nSPS) is 28.6. The molecule has 1 aliphatic heterocycles. The van der Waals surface area contributed by atoms with Crippen molar-refractivity contribution in [2.24, 2.45) is 5.92 Å². The van der Waals surface area contributed by atoms with E-state index in [9.17, 15) is 14.7 Å². The fourth-order valence-corrected chi connectivity index (χ4v) is 3.53. The van der Waals surface area contributed by atoms with Gasteiger partial charge in [-0.1, -0.05) is 30.7 Å². The lowest BCUT2D eigenvalue weighted by molar-refractivity contribution is -0.152. The van der Waals surface area contributed by atoms with Gasteiger partial charge in [-0.05, 0) is 18.9 Å². The van der Waals surface area contributed by atoms with Gasteiger partial charge in [0.1, 0.15) is 5.78 Å². The molecule has 0 saturated heterocycles. The molecule has 0 aromatic heterocycles. The highest BCUT2D eigenvalue weighted by molar-refractivity contribution is 6.09. The lowest BCUT2D eigenvalue weighted by Gasteiger charge is -2.33. The molecule has 21 heavy (non-hydrogen) atoms. The fourth-order valence-electron chi connectivity index (χ4n) is 3.53. The van der Waals surface area contributed by atoms with Gasteiger partial charge in [0.2, 0.25) is 0 Å². The van der Waals surface area contributed by atoms with Crippen molar-refractivity contribution in [3.05, 3.63) is 42.5 Å². The quantitative estimate of drug-likeness (QED) is 0.866. The molecule has 0 radical (unpaired) electrons. The number of hydrogen-bond acceptors (Lipinski definition) is 3. The van der Waals surface area contributed by atoms with Gasteiger partial charge < -0.3 is 10.0 Å². The van der Waals surface area contributed by atoms with Crippen molar-refractivity contribution in [1.82, 2.24) is 0 Å². The standard InChI is InChI=1S/C17H19NO3/c1-2-11-18-14-9-5-3-7-12(14)17(21,16(18)20)13-8-4-6-10-15(13)19/h2-3,5,7,9,13,21H,1,4,6,8,10-11H2/t13-,17+/m1/s1. The third-order valence-corrected chi connectivity index (χ3v) is 4.55. The number of fused-ring (bicyclic) bond motifs is 1. The van der Waals surface area contributed by atoms with Crippen LogP contribution in [0.3, 0.4) is 0 Å². The van der Waals surface area contributed by atoms with E-state index < -0.39 is 17.4 Å². The topological polar surface area (TPSA) is 57.6 Å². The van der Waals surface area contributed by atoms with Crippen molar-refractivity contribution >= 4 is 17.4 Å². The highest BCUT2D eigenvalue weighted by Gasteiger charge is 2.56. The maximum atomic E-state index is 12.8. The minimum atomic E-state index is -1.71. The van der Waals surface area contributed by atoms with Crippen LogP contribution in [0, 0.1) is 5.92 Å². The number of amides is 1. The molecule has 4 heteroatoms. The van der Waals surface area contributed by atoms with Crippen LogP contribution in [0.15, 0.2) is 36.9 Å². The van der Waals surface area contributed by atoms with E-state index >= 15 is 0 Å². The van der Waals surface area contributed by atoms with Gasteiger partial charge in [-0.15, -0.1) is 6.58 Å². The van der Waals surface area contributed by atoms with Crippen molar-refractivity contribution in [2.45, 2.75) is 31.3 Å². The second kappa shape index (κ2) is 5.11. The second-order valence-electron chi connectivity index (χ2n) is 5.75. The summed E-state index contributed by atoms with van der Waals surface area (Å²) >= 11 is 0. The molecule has 3 rings (SSSR count). The van der Waals surface area contributed by atoms with Gasteiger partial charge in [0, 0.05) is 18.5 Å². The number of rotatable bonds is 3. The Morgan fingerprint density at radius 1 is 1.33 bits per heavy atom. The summed E-state index contributed by atoms with van der Waals surface area (Å²) in [5, 5.41) is 11.2. The van der Waals surface area contributed by atoms with Gasteiger partial charge in [0.25, 0.3) is 5.91 Å². The first-order chi connectivity index (χ1) is 10.1.